The number of sulfonamides is 1. The number of hydrogen-bond donors (Lipinski definition) is 2. The van der Waals surface area contributed by atoms with E-state index < -0.39 is 10.0 Å². The molecule has 0 bridgehead atoms. The average Bonchev–Trinajstić information content (AvgIpc) is 2.29. The van der Waals surface area contributed by atoms with E-state index in [2.05, 4.69) is 16.3 Å². The van der Waals surface area contributed by atoms with Crippen molar-refractivity contribution in [2.45, 2.75) is 49.1 Å². The van der Waals surface area contributed by atoms with Gasteiger partial charge >= 0.3 is 0 Å². The van der Waals surface area contributed by atoms with Crippen molar-refractivity contribution in [3.05, 3.63) is 0 Å². The van der Waals surface area contributed by atoms with Crippen LogP contribution in [0.3, 0.4) is 0 Å². The molecule has 3 unspecified atom stereocenters. The highest BCUT2D eigenvalue weighted by Crippen LogP contribution is 2.27. The molecule has 0 aromatic rings. The second-order valence-electron chi connectivity index (χ2n) is 4.70. The molecule has 0 saturated heterocycles. The third-order valence-electron chi connectivity index (χ3n) is 3.34. The van der Waals surface area contributed by atoms with Gasteiger partial charge < -0.3 is 5.32 Å². The third kappa shape index (κ3) is 4.43. The summed E-state index contributed by atoms with van der Waals surface area (Å²) in [7, 11) is -1.42. The van der Waals surface area contributed by atoms with Crippen molar-refractivity contribution in [2.75, 3.05) is 19.8 Å². The third-order valence-corrected chi connectivity index (χ3v) is 6.37. The quantitative estimate of drug-likeness (QED) is 0.767. The maximum Gasteiger partial charge on any atom is 0.215 e. The van der Waals surface area contributed by atoms with E-state index in [4.69, 9.17) is 0 Å². The van der Waals surface area contributed by atoms with Crippen LogP contribution in [0.25, 0.3) is 0 Å². The summed E-state index contributed by atoms with van der Waals surface area (Å²) in [4.78, 5) is 0. The molecule has 1 aliphatic carbocycles. The van der Waals surface area contributed by atoms with E-state index in [-0.39, 0.29) is 11.3 Å². The van der Waals surface area contributed by atoms with Gasteiger partial charge in [0.15, 0.2) is 0 Å². The smallest absolute Gasteiger partial charge is 0.215 e. The Labute approximate surface area is 109 Å². The van der Waals surface area contributed by atoms with E-state index in [1.54, 1.807) is 25.7 Å². The van der Waals surface area contributed by atoms with E-state index in [9.17, 15) is 8.42 Å². The minimum absolute atomic E-state index is 0.114. The second-order valence-corrected chi connectivity index (χ2v) is 7.90. The predicted octanol–water partition coefficient (Wildman–Crippen LogP) is 1.19. The summed E-state index contributed by atoms with van der Waals surface area (Å²) in [5, 5.41) is 2.96. The molecule has 0 heterocycles. The molecule has 17 heavy (non-hydrogen) atoms. The summed E-state index contributed by atoms with van der Waals surface area (Å²) in [6, 6.07) is 0.114. The maximum atomic E-state index is 12.1. The van der Waals surface area contributed by atoms with Gasteiger partial charge in [0.1, 0.15) is 0 Å². The first-order chi connectivity index (χ1) is 8.01. The van der Waals surface area contributed by atoms with Gasteiger partial charge in [-0.1, -0.05) is 12.8 Å². The summed E-state index contributed by atoms with van der Waals surface area (Å²) in [5.74, 6) is 0. The van der Waals surface area contributed by atoms with Crippen molar-refractivity contribution in [1.29, 1.82) is 0 Å². The van der Waals surface area contributed by atoms with Crippen molar-refractivity contribution in [2.24, 2.45) is 0 Å². The first-order valence-electron chi connectivity index (χ1n) is 6.19. The van der Waals surface area contributed by atoms with Crippen LogP contribution in [0.2, 0.25) is 0 Å². The van der Waals surface area contributed by atoms with Crippen LogP contribution in [0.1, 0.15) is 32.6 Å². The Morgan fingerprint density at radius 3 is 2.59 bits per heavy atom. The lowest BCUT2D eigenvalue weighted by Gasteiger charge is -2.31. The number of nitrogens with one attached hydrogen (secondary N) is 2. The van der Waals surface area contributed by atoms with E-state index in [1.807, 2.05) is 0 Å². The van der Waals surface area contributed by atoms with Crippen LogP contribution in [0.5, 0.6) is 0 Å². The van der Waals surface area contributed by atoms with Crippen LogP contribution in [-0.2, 0) is 10.0 Å². The van der Waals surface area contributed by atoms with Crippen molar-refractivity contribution in [1.82, 2.24) is 10.0 Å². The lowest BCUT2D eigenvalue weighted by Crippen LogP contribution is -2.48. The van der Waals surface area contributed by atoms with Crippen molar-refractivity contribution >= 4 is 21.8 Å². The fourth-order valence-electron chi connectivity index (χ4n) is 2.24. The highest BCUT2D eigenvalue weighted by atomic mass is 32.2. The minimum atomic E-state index is -3.19. The molecule has 1 aliphatic rings. The topological polar surface area (TPSA) is 58.2 Å². The standard InChI is InChI=1S/C11H24N2O2S2/c1-9(8-12-2)17(14,15)13-10-6-4-5-7-11(10)16-3/h9-13H,4-8H2,1-3H3. The molecular formula is C11H24N2O2S2. The van der Waals surface area contributed by atoms with Crippen LogP contribution in [0.15, 0.2) is 0 Å². The largest absolute Gasteiger partial charge is 0.318 e. The Balaban J connectivity index is 2.61. The SMILES string of the molecule is CNCC(C)S(=O)(=O)NC1CCCCC1SC. The van der Waals surface area contributed by atoms with Gasteiger partial charge in [0.05, 0.1) is 5.25 Å². The molecule has 0 spiro atoms. The summed E-state index contributed by atoms with van der Waals surface area (Å²) < 4.78 is 27.1. The van der Waals surface area contributed by atoms with Gasteiger partial charge in [0, 0.05) is 17.8 Å². The molecule has 3 atom stereocenters. The highest BCUT2D eigenvalue weighted by Gasteiger charge is 2.30. The van der Waals surface area contributed by atoms with Crippen molar-refractivity contribution in [3.63, 3.8) is 0 Å². The zero-order valence-electron chi connectivity index (χ0n) is 10.9. The fraction of sp³-hybridized carbons (Fsp3) is 1.00. The summed E-state index contributed by atoms with van der Waals surface area (Å²) in [6.45, 7) is 2.24. The fourth-order valence-corrected chi connectivity index (χ4v) is 4.58. The normalized spacial score (nSPS) is 27.9. The van der Waals surface area contributed by atoms with E-state index >= 15 is 0 Å². The van der Waals surface area contributed by atoms with Gasteiger partial charge in [-0.05, 0) is 33.1 Å². The number of rotatable bonds is 6. The van der Waals surface area contributed by atoms with Gasteiger partial charge in [-0.25, -0.2) is 13.1 Å². The Kier molecular flexibility index (Phi) is 6.26. The lowest BCUT2D eigenvalue weighted by atomic mass is 9.96. The number of hydrogen-bond acceptors (Lipinski definition) is 4. The van der Waals surface area contributed by atoms with Gasteiger partial charge in [0.2, 0.25) is 10.0 Å². The average molecular weight is 280 g/mol. The Morgan fingerprint density at radius 1 is 1.35 bits per heavy atom. The van der Waals surface area contributed by atoms with Crippen LogP contribution >= 0.6 is 11.8 Å². The maximum absolute atomic E-state index is 12.1. The molecule has 0 radical (unpaired) electrons. The summed E-state index contributed by atoms with van der Waals surface area (Å²) in [5.41, 5.74) is 0. The first kappa shape index (κ1) is 15.3. The first-order valence-corrected chi connectivity index (χ1v) is 9.03. The van der Waals surface area contributed by atoms with Gasteiger partial charge in [-0.2, -0.15) is 11.8 Å². The predicted molar refractivity (Wildman–Crippen MR) is 75.0 cm³/mol. The zero-order chi connectivity index (χ0) is 12.9. The van der Waals surface area contributed by atoms with E-state index in [1.165, 1.54) is 6.42 Å². The summed E-state index contributed by atoms with van der Waals surface area (Å²) >= 11 is 1.78. The highest BCUT2D eigenvalue weighted by molar-refractivity contribution is 7.99. The van der Waals surface area contributed by atoms with Crippen LogP contribution in [-0.4, -0.2) is 44.8 Å². The van der Waals surface area contributed by atoms with Gasteiger partial charge in [0.25, 0.3) is 0 Å². The van der Waals surface area contributed by atoms with Crippen LogP contribution < -0.4 is 10.0 Å². The molecule has 1 fully saturated rings. The molecule has 0 amide bonds. The molecule has 102 valence electrons. The second kappa shape index (κ2) is 6.97. The van der Waals surface area contributed by atoms with Crippen molar-refractivity contribution < 1.29 is 8.42 Å². The molecule has 1 saturated carbocycles. The molecule has 1 rings (SSSR count). The van der Waals surface area contributed by atoms with E-state index in [0.717, 1.165) is 19.3 Å². The Hall–Kier alpha value is 0.220. The molecule has 0 aliphatic heterocycles. The Bertz CT molecular complexity index is 319. The molecule has 6 heteroatoms. The minimum Gasteiger partial charge on any atom is -0.318 e. The molecular weight excluding hydrogens is 256 g/mol. The summed E-state index contributed by atoms with van der Waals surface area (Å²) in [6.07, 6.45) is 6.50. The zero-order valence-corrected chi connectivity index (χ0v) is 12.5. The van der Waals surface area contributed by atoms with Crippen LogP contribution in [0.4, 0.5) is 0 Å². The molecule has 0 aromatic heterocycles. The van der Waals surface area contributed by atoms with Gasteiger partial charge in [-0.15, -0.1) is 0 Å². The monoisotopic (exact) mass is 280 g/mol. The molecule has 0 aromatic carbocycles. The van der Waals surface area contributed by atoms with Crippen molar-refractivity contribution in [3.8, 4) is 0 Å². The lowest BCUT2D eigenvalue weighted by molar-refractivity contribution is 0.421. The molecule has 4 nitrogen and oxygen atoms in total. The van der Waals surface area contributed by atoms with Crippen LogP contribution in [0, 0.1) is 0 Å². The van der Waals surface area contributed by atoms with Gasteiger partial charge in [-0.3, -0.25) is 0 Å². The molecule has 2 N–H and O–H groups in total. The van der Waals surface area contributed by atoms with E-state index in [0.29, 0.717) is 11.8 Å². The Morgan fingerprint density at radius 2 is 2.00 bits per heavy atom. The number of thioether (sulfide) groups is 1.